The van der Waals surface area contributed by atoms with E-state index in [4.69, 9.17) is 9.47 Å². The summed E-state index contributed by atoms with van der Waals surface area (Å²) in [5.74, 6) is -1.78. The number of esters is 1. The Morgan fingerprint density at radius 3 is 2.77 bits per heavy atom. The van der Waals surface area contributed by atoms with Crippen LogP contribution in [0.15, 0.2) is 28.5 Å². The summed E-state index contributed by atoms with van der Waals surface area (Å²) in [6.45, 7) is 2.72. The number of morpholine rings is 1. The third-order valence-corrected chi connectivity index (χ3v) is 6.50. The summed E-state index contributed by atoms with van der Waals surface area (Å²) in [5, 5.41) is 2.55. The molecule has 1 aromatic heterocycles. The predicted octanol–water partition coefficient (Wildman–Crippen LogP) is 1.97. The molecule has 3 rings (SSSR count). The van der Waals surface area contributed by atoms with Gasteiger partial charge < -0.3 is 9.47 Å². The van der Waals surface area contributed by atoms with E-state index in [1.165, 1.54) is 15.6 Å². The molecule has 140 valence electrons. The largest absolute Gasteiger partial charge is 0.455 e. The fraction of sp³-hybridized carbons (Fsp3) is 0.375. The lowest BCUT2D eigenvalue weighted by molar-refractivity contribution is 0.0462. The van der Waals surface area contributed by atoms with E-state index in [0.29, 0.717) is 18.9 Å². The zero-order valence-electron chi connectivity index (χ0n) is 14.0. The lowest BCUT2D eigenvalue weighted by Crippen LogP contribution is -2.40. The van der Waals surface area contributed by atoms with Gasteiger partial charge in [-0.25, -0.2) is 22.6 Å². The van der Waals surface area contributed by atoms with Crippen molar-refractivity contribution in [2.45, 2.75) is 18.4 Å². The summed E-state index contributed by atoms with van der Waals surface area (Å²) < 4.78 is 50.8. The summed E-state index contributed by atoms with van der Waals surface area (Å²) in [4.78, 5) is 16.2. The molecule has 10 heteroatoms. The van der Waals surface area contributed by atoms with Crippen molar-refractivity contribution in [2.24, 2.45) is 0 Å². The molecule has 0 radical (unpaired) electrons. The molecule has 0 N–H and O–H groups in total. The van der Waals surface area contributed by atoms with Gasteiger partial charge in [-0.2, -0.15) is 4.31 Å². The summed E-state index contributed by atoms with van der Waals surface area (Å²) in [6, 6.07) is 3.10. The molecular weight excluding hydrogens is 383 g/mol. The average Bonchev–Trinajstić information content (AvgIpc) is 3.06. The van der Waals surface area contributed by atoms with Crippen molar-refractivity contribution in [3.05, 3.63) is 45.7 Å². The number of aromatic nitrogens is 1. The van der Waals surface area contributed by atoms with Crippen LogP contribution >= 0.6 is 11.3 Å². The Kier molecular flexibility index (Phi) is 5.66. The van der Waals surface area contributed by atoms with E-state index in [-0.39, 0.29) is 24.6 Å². The minimum atomic E-state index is -3.83. The van der Waals surface area contributed by atoms with Crippen LogP contribution in [0.25, 0.3) is 0 Å². The highest BCUT2D eigenvalue weighted by Crippen LogP contribution is 2.21. The molecule has 1 fully saturated rings. The first kappa shape index (κ1) is 18.9. The van der Waals surface area contributed by atoms with Gasteiger partial charge in [0, 0.05) is 18.5 Å². The molecule has 0 amide bonds. The van der Waals surface area contributed by atoms with Crippen LogP contribution in [-0.2, 0) is 26.1 Å². The molecular formula is C16H17FN2O5S2. The molecule has 2 aromatic rings. The van der Waals surface area contributed by atoms with Crippen molar-refractivity contribution in [3.8, 4) is 0 Å². The highest BCUT2D eigenvalue weighted by atomic mass is 32.2. The lowest BCUT2D eigenvalue weighted by Gasteiger charge is -2.26. The van der Waals surface area contributed by atoms with Gasteiger partial charge in [-0.15, -0.1) is 11.3 Å². The third kappa shape index (κ3) is 4.09. The monoisotopic (exact) mass is 400 g/mol. The van der Waals surface area contributed by atoms with Crippen molar-refractivity contribution in [2.75, 3.05) is 26.3 Å². The Morgan fingerprint density at radius 1 is 1.38 bits per heavy atom. The molecule has 1 saturated heterocycles. The predicted molar refractivity (Wildman–Crippen MR) is 91.9 cm³/mol. The first-order valence-corrected chi connectivity index (χ1v) is 10.2. The highest BCUT2D eigenvalue weighted by molar-refractivity contribution is 7.89. The van der Waals surface area contributed by atoms with Crippen LogP contribution in [0.1, 0.15) is 21.1 Å². The minimum absolute atomic E-state index is 0.108. The number of ether oxygens (including phenoxy) is 2. The van der Waals surface area contributed by atoms with Gasteiger partial charge in [0.15, 0.2) is 0 Å². The van der Waals surface area contributed by atoms with Crippen molar-refractivity contribution < 1.29 is 27.1 Å². The zero-order valence-corrected chi connectivity index (χ0v) is 15.6. The molecule has 0 atom stereocenters. The first-order chi connectivity index (χ1) is 12.4. The molecule has 1 aromatic carbocycles. The zero-order chi connectivity index (χ0) is 18.7. The number of thiazole rings is 1. The normalized spacial score (nSPS) is 15.8. The van der Waals surface area contributed by atoms with Gasteiger partial charge in [-0.05, 0) is 25.1 Å². The maximum absolute atomic E-state index is 14.0. The summed E-state index contributed by atoms with van der Waals surface area (Å²) in [7, 11) is -3.83. The van der Waals surface area contributed by atoms with Crippen molar-refractivity contribution >= 4 is 27.3 Å². The molecule has 1 aliphatic rings. The summed E-state index contributed by atoms with van der Waals surface area (Å²) >= 11 is 1.41. The molecule has 26 heavy (non-hydrogen) atoms. The number of halogens is 1. The number of benzene rings is 1. The van der Waals surface area contributed by atoms with E-state index < -0.39 is 27.4 Å². The molecule has 0 spiro atoms. The molecule has 7 nitrogen and oxygen atoms in total. The van der Waals surface area contributed by atoms with Crippen molar-refractivity contribution in [1.29, 1.82) is 0 Å². The molecule has 1 aliphatic heterocycles. The molecule has 0 aliphatic carbocycles. The Bertz CT molecular complexity index is 907. The Labute approximate surface area is 154 Å². The van der Waals surface area contributed by atoms with Crippen LogP contribution in [-0.4, -0.2) is 50.0 Å². The Hall–Kier alpha value is -1.88. The number of carbonyl (C=O) groups is 1. The fourth-order valence-corrected chi connectivity index (χ4v) is 4.48. The lowest BCUT2D eigenvalue weighted by atomic mass is 10.2. The maximum atomic E-state index is 14.0. The number of hydrogen-bond acceptors (Lipinski definition) is 7. The summed E-state index contributed by atoms with van der Waals surface area (Å²) in [6.07, 6.45) is 0. The van der Waals surface area contributed by atoms with Gasteiger partial charge in [0.1, 0.15) is 12.4 Å². The van der Waals surface area contributed by atoms with Gasteiger partial charge in [0.25, 0.3) is 0 Å². The second-order valence-corrected chi connectivity index (χ2v) is 8.59. The second kappa shape index (κ2) is 7.78. The van der Waals surface area contributed by atoms with E-state index in [1.54, 1.807) is 5.38 Å². The number of sulfonamides is 1. The van der Waals surface area contributed by atoms with Crippen LogP contribution in [0.4, 0.5) is 4.39 Å². The van der Waals surface area contributed by atoms with Gasteiger partial charge >= 0.3 is 5.97 Å². The average molecular weight is 400 g/mol. The van der Waals surface area contributed by atoms with Gasteiger partial charge in [0.05, 0.1) is 34.4 Å². The molecule has 0 unspecified atom stereocenters. The molecule has 0 bridgehead atoms. The van der Waals surface area contributed by atoms with Gasteiger partial charge in [-0.1, -0.05) is 0 Å². The van der Waals surface area contributed by atoms with Crippen LogP contribution in [0.3, 0.4) is 0 Å². The topological polar surface area (TPSA) is 85.8 Å². The Morgan fingerprint density at radius 2 is 2.12 bits per heavy atom. The maximum Gasteiger partial charge on any atom is 0.341 e. The van der Waals surface area contributed by atoms with Crippen LogP contribution in [0.5, 0.6) is 0 Å². The third-order valence-electron chi connectivity index (χ3n) is 3.78. The van der Waals surface area contributed by atoms with E-state index in [2.05, 4.69) is 4.98 Å². The van der Waals surface area contributed by atoms with Gasteiger partial charge in [0.2, 0.25) is 10.0 Å². The summed E-state index contributed by atoms with van der Waals surface area (Å²) in [5.41, 5.74) is 0.129. The van der Waals surface area contributed by atoms with Crippen LogP contribution in [0.2, 0.25) is 0 Å². The second-order valence-electron chi connectivity index (χ2n) is 5.59. The highest BCUT2D eigenvalue weighted by Gasteiger charge is 2.28. The number of hydrogen-bond donors (Lipinski definition) is 0. The fourth-order valence-electron chi connectivity index (χ4n) is 2.45. The number of rotatable bonds is 5. The number of nitrogens with zero attached hydrogens (tertiary/aromatic N) is 2. The van der Waals surface area contributed by atoms with Gasteiger partial charge in [-0.3, -0.25) is 0 Å². The van der Waals surface area contributed by atoms with E-state index >= 15 is 0 Å². The molecule has 2 heterocycles. The van der Waals surface area contributed by atoms with Crippen LogP contribution in [0, 0.1) is 12.7 Å². The Balaban J connectivity index is 1.79. The standard InChI is InChI=1S/C16H17FN2O5S2/c1-11-18-12(10-25-11)9-24-16(20)14-8-13(2-3-15(14)17)26(21,22)19-4-6-23-7-5-19/h2-3,8,10H,4-7,9H2,1H3. The van der Waals surface area contributed by atoms with E-state index in [9.17, 15) is 17.6 Å². The smallest absolute Gasteiger partial charge is 0.341 e. The van der Waals surface area contributed by atoms with Crippen molar-refractivity contribution in [3.63, 3.8) is 0 Å². The number of carbonyl (C=O) groups excluding carboxylic acids is 1. The SMILES string of the molecule is Cc1nc(COC(=O)c2cc(S(=O)(=O)N3CCOCC3)ccc2F)cs1. The van der Waals surface area contributed by atoms with E-state index in [0.717, 1.165) is 23.2 Å². The minimum Gasteiger partial charge on any atom is -0.455 e. The quantitative estimate of drug-likeness (QED) is 0.714. The van der Waals surface area contributed by atoms with Crippen LogP contribution < -0.4 is 0 Å². The molecule has 0 saturated carbocycles. The van der Waals surface area contributed by atoms with Crippen molar-refractivity contribution in [1.82, 2.24) is 9.29 Å². The number of aryl methyl sites for hydroxylation is 1. The first-order valence-electron chi connectivity index (χ1n) is 7.83. The van der Waals surface area contributed by atoms with E-state index in [1.807, 2.05) is 6.92 Å².